The number of hydrogen-bond donors (Lipinski definition) is 2. The molecule has 3 rings (SSSR count). The molecular weight excluding hydrogens is 380 g/mol. The number of carbonyl (C=O) groups excluding carboxylic acids is 1. The second-order valence-corrected chi connectivity index (χ2v) is 6.40. The summed E-state index contributed by atoms with van der Waals surface area (Å²) in [7, 11) is 0. The van der Waals surface area contributed by atoms with E-state index in [1.165, 1.54) is 0 Å². The summed E-state index contributed by atoms with van der Waals surface area (Å²) in [6.45, 7) is 2.41. The first-order valence-corrected chi connectivity index (χ1v) is 8.58. The Morgan fingerprint density at radius 1 is 1.08 bits per heavy atom. The van der Waals surface area contributed by atoms with Gasteiger partial charge in [-0.25, -0.2) is 4.98 Å². The number of hydrogen-bond acceptors (Lipinski definition) is 4. The van der Waals surface area contributed by atoms with E-state index in [1.54, 1.807) is 24.5 Å². The van der Waals surface area contributed by atoms with Gasteiger partial charge >= 0.3 is 0 Å². The summed E-state index contributed by atoms with van der Waals surface area (Å²) < 4.78 is 0.944. The molecule has 1 amide bonds. The van der Waals surface area contributed by atoms with Crippen LogP contribution in [-0.4, -0.2) is 15.9 Å². The Labute approximate surface area is 154 Å². The molecule has 0 atom stereocenters. The van der Waals surface area contributed by atoms with Gasteiger partial charge < -0.3 is 10.6 Å². The number of rotatable bonds is 5. The highest BCUT2D eigenvalue weighted by Gasteiger charge is 2.08. The van der Waals surface area contributed by atoms with Crippen LogP contribution in [0.25, 0.3) is 0 Å². The van der Waals surface area contributed by atoms with Gasteiger partial charge in [-0.3, -0.25) is 9.78 Å². The molecule has 2 heterocycles. The molecule has 0 radical (unpaired) electrons. The highest BCUT2D eigenvalue weighted by molar-refractivity contribution is 9.10. The van der Waals surface area contributed by atoms with Gasteiger partial charge in [-0.1, -0.05) is 12.1 Å². The Kier molecular flexibility index (Phi) is 5.40. The van der Waals surface area contributed by atoms with E-state index < -0.39 is 0 Å². The number of nitrogens with zero attached hydrogens (tertiary/aromatic N) is 2. The standard InChI is InChI=1S/C19H17BrN4O/c1-13-5-6-17(16(20)10-13)24-18-11-14(7-9-22-18)19(25)23-12-15-4-2-3-8-21-15/h2-11H,12H2,1H3,(H,22,24)(H,23,25). The van der Waals surface area contributed by atoms with Gasteiger partial charge in [0.05, 0.1) is 17.9 Å². The summed E-state index contributed by atoms with van der Waals surface area (Å²) in [6.07, 6.45) is 3.31. The number of aromatic nitrogens is 2. The van der Waals surface area contributed by atoms with E-state index in [-0.39, 0.29) is 5.91 Å². The Balaban J connectivity index is 1.69. The van der Waals surface area contributed by atoms with Gasteiger partial charge in [-0.15, -0.1) is 0 Å². The fraction of sp³-hybridized carbons (Fsp3) is 0.105. The molecule has 5 nitrogen and oxygen atoms in total. The number of anilines is 2. The van der Waals surface area contributed by atoms with Crippen molar-refractivity contribution in [3.8, 4) is 0 Å². The van der Waals surface area contributed by atoms with Crippen LogP contribution in [0.5, 0.6) is 0 Å². The van der Waals surface area contributed by atoms with Crippen molar-refractivity contribution < 1.29 is 4.79 Å². The molecule has 3 aromatic rings. The second kappa shape index (κ2) is 7.90. The van der Waals surface area contributed by atoms with E-state index in [1.807, 2.05) is 43.3 Å². The number of halogens is 1. The molecule has 0 aliphatic rings. The minimum absolute atomic E-state index is 0.168. The van der Waals surface area contributed by atoms with Crippen molar-refractivity contribution in [2.75, 3.05) is 5.32 Å². The van der Waals surface area contributed by atoms with E-state index >= 15 is 0 Å². The number of carbonyl (C=O) groups is 1. The molecule has 0 unspecified atom stereocenters. The van der Waals surface area contributed by atoms with Crippen molar-refractivity contribution >= 4 is 33.3 Å². The molecule has 6 heteroatoms. The Bertz CT molecular complexity index is 884. The topological polar surface area (TPSA) is 66.9 Å². The van der Waals surface area contributed by atoms with Gasteiger partial charge in [-0.05, 0) is 64.8 Å². The molecule has 0 saturated carbocycles. The second-order valence-electron chi connectivity index (χ2n) is 5.54. The lowest BCUT2D eigenvalue weighted by Crippen LogP contribution is -2.23. The van der Waals surface area contributed by atoms with Crippen molar-refractivity contribution in [2.45, 2.75) is 13.5 Å². The molecule has 2 aromatic heterocycles. The van der Waals surface area contributed by atoms with Gasteiger partial charge in [0.15, 0.2) is 0 Å². The van der Waals surface area contributed by atoms with Gasteiger partial charge in [0, 0.05) is 22.4 Å². The average molecular weight is 397 g/mol. The van der Waals surface area contributed by atoms with Crippen molar-refractivity contribution in [1.29, 1.82) is 0 Å². The molecule has 2 N–H and O–H groups in total. The molecule has 25 heavy (non-hydrogen) atoms. The van der Waals surface area contributed by atoms with Crippen molar-refractivity contribution in [3.05, 3.63) is 82.2 Å². The molecule has 0 bridgehead atoms. The molecule has 0 aliphatic carbocycles. The van der Waals surface area contributed by atoms with Crippen LogP contribution in [0, 0.1) is 6.92 Å². The Morgan fingerprint density at radius 2 is 1.96 bits per heavy atom. The predicted molar refractivity (Wildman–Crippen MR) is 102 cm³/mol. The summed E-state index contributed by atoms with van der Waals surface area (Å²) >= 11 is 3.53. The number of benzene rings is 1. The van der Waals surface area contributed by atoms with E-state index in [9.17, 15) is 4.79 Å². The minimum atomic E-state index is -0.168. The molecule has 0 spiro atoms. The Hall–Kier alpha value is -2.73. The number of aryl methyl sites for hydroxylation is 1. The summed E-state index contributed by atoms with van der Waals surface area (Å²) in [6, 6.07) is 15.0. The third-order valence-corrected chi connectivity index (χ3v) is 4.22. The highest BCUT2D eigenvalue weighted by Crippen LogP contribution is 2.26. The molecular formula is C19H17BrN4O. The van der Waals surface area contributed by atoms with E-state index in [4.69, 9.17) is 0 Å². The zero-order chi connectivity index (χ0) is 17.6. The maximum atomic E-state index is 12.3. The third-order valence-electron chi connectivity index (χ3n) is 3.57. The predicted octanol–water partition coefficient (Wildman–Crippen LogP) is 4.22. The first kappa shape index (κ1) is 17.1. The van der Waals surface area contributed by atoms with E-state index in [0.717, 1.165) is 21.4 Å². The summed E-state index contributed by atoms with van der Waals surface area (Å²) in [5.74, 6) is 0.439. The first-order chi connectivity index (χ1) is 12.1. The fourth-order valence-corrected chi connectivity index (χ4v) is 2.87. The maximum absolute atomic E-state index is 12.3. The lowest BCUT2D eigenvalue weighted by Gasteiger charge is -2.10. The minimum Gasteiger partial charge on any atom is -0.346 e. The summed E-state index contributed by atoms with van der Waals surface area (Å²) in [5, 5.41) is 6.08. The lowest BCUT2D eigenvalue weighted by atomic mass is 10.2. The largest absolute Gasteiger partial charge is 0.346 e. The average Bonchev–Trinajstić information content (AvgIpc) is 2.63. The van der Waals surface area contributed by atoms with Gasteiger partial charge in [0.25, 0.3) is 5.91 Å². The van der Waals surface area contributed by atoms with Crippen molar-refractivity contribution in [3.63, 3.8) is 0 Å². The summed E-state index contributed by atoms with van der Waals surface area (Å²) in [4.78, 5) is 20.8. The summed E-state index contributed by atoms with van der Waals surface area (Å²) in [5.41, 5.74) is 3.40. The van der Waals surface area contributed by atoms with Crippen molar-refractivity contribution in [1.82, 2.24) is 15.3 Å². The molecule has 0 aliphatic heterocycles. The number of nitrogens with one attached hydrogen (secondary N) is 2. The Morgan fingerprint density at radius 3 is 2.72 bits per heavy atom. The maximum Gasteiger partial charge on any atom is 0.251 e. The van der Waals surface area contributed by atoms with Crippen LogP contribution in [0.3, 0.4) is 0 Å². The molecule has 1 aromatic carbocycles. The van der Waals surface area contributed by atoms with Crippen LogP contribution in [0.1, 0.15) is 21.6 Å². The number of amides is 1. The monoisotopic (exact) mass is 396 g/mol. The zero-order valence-corrected chi connectivity index (χ0v) is 15.2. The van der Waals surface area contributed by atoms with Gasteiger partial charge in [0.2, 0.25) is 0 Å². The van der Waals surface area contributed by atoms with Gasteiger partial charge in [0.1, 0.15) is 5.82 Å². The first-order valence-electron chi connectivity index (χ1n) is 7.79. The zero-order valence-electron chi connectivity index (χ0n) is 13.7. The number of pyridine rings is 2. The van der Waals surface area contributed by atoms with Crippen LogP contribution in [0.2, 0.25) is 0 Å². The molecule has 0 saturated heterocycles. The highest BCUT2D eigenvalue weighted by atomic mass is 79.9. The molecule has 0 fully saturated rings. The normalized spacial score (nSPS) is 10.3. The fourth-order valence-electron chi connectivity index (χ4n) is 2.28. The SMILES string of the molecule is Cc1ccc(Nc2cc(C(=O)NCc3ccccn3)ccn2)c(Br)c1. The third kappa shape index (κ3) is 4.64. The van der Waals surface area contributed by atoms with Crippen LogP contribution in [0.4, 0.5) is 11.5 Å². The quantitative estimate of drug-likeness (QED) is 0.677. The molecule has 126 valence electrons. The van der Waals surface area contributed by atoms with Crippen LogP contribution in [0.15, 0.2) is 65.4 Å². The van der Waals surface area contributed by atoms with Crippen molar-refractivity contribution in [2.24, 2.45) is 0 Å². The van der Waals surface area contributed by atoms with Crippen LogP contribution in [-0.2, 0) is 6.54 Å². The van der Waals surface area contributed by atoms with E-state index in [2.05, 4.69) is 36.5 Å². The lowest BCUT2D eigenvalue weighted by molar-refractivity contribution is 0.0950. The van der Waals surface area contributed by atoms with E-state index in [0.29, 0.717) is 17.9 Å². The van der Waals surface area contributed by atoms with Crippen LogP contribution >= 0.6 is 15.9 Å². The van der Waals surface area contributed by atoms with Gasteiger partial charge in [-0.2, -0.15) is 0 Å². The smallest absolute Gasteiger partial charge is 0.251 e. The van der Waals surface area contributed by atoms with Crippen LogP contribution < -0.4 is 10.6 Å².